The molecular formula is C13H19NO3S. The molecule has 2 N–H and O–H groups in total. The number of rotatable bonds is 3. The Bertz CT molecular complexity index is 519. The first-order valence-corrected chi connectivity index (χ1v) is 8.01. The van der Waals surface area contributed by atoms with Gasteiger partial charge in [-0.2, -0.15) is 0 Å². The second kappa shape index (κ2) is 4.99. The van der Waals surface area contributed by atoms with Crippen LogP contribution in [0.5, 0.6) is 0 Å². The second-order valence-electron chi connectivity index (χ2n) is 5.03. The van der Waals surface area contributed by atoms with Crippen molar-refractivity contribution in [2.75, 3.05) is 19.3 Å². The van der Waals surface area contributed by atoms with Crippen LogP contribution in [0.2, 0.25) is 0 Å². The number of hydrogen-bond donors (Lipinski definition) is 2. The summed E-state index contributed by atoms with van der Waals surface area (Å²) in [4.78, 5) is 0.331. The van der Waals surface area contributed by atoms with Crippen molar-refractivity contribution < 1.29 is 13.5 Å². The van der Waals surface area contributed by atoms with Gasteiger partial charge in [-0.3, -0.25) is 0 Å². The Morgan fingerprint density at radius 2 is 1.89 bits per heavy atom. The molecule has 0 radical (unpaired) electrons. The molecule has 0 saturated carbocycles. The fourth-order valence-electron chi connectivity index (χ4n) is 2.44. The summed E-state index contributed by atoms with van der Waals surface area (Å²) in [7, 11) is -3.24. The largest absolute Gasteiger partial charge is 0.389 e. The molecular weight excluding hydrogens is 250 g/mol. The van der Waals surface area contributed by atoms with Crippen molar-refractivity contribution in [1.82, 2.24) is 5.32 Å². The highest BCUT2D eigenvalue weighted by Gasteiger charge is 2.30. The van der Waals surface area contributed by atoms with Crippen molar-refractivity contribution in [1.29, 1.82) is 0 Å². The molecule has 4 nitrogen and oxygen atoms in total. The SMILES string of the molecule is CS(=O)(=O)c1ccccc1CC1(O)CCNCC1. The average Bonchev–Trinajstić information content (AvgIpc) is 2.28. The Labute approximate surface area is 108 Å². The predicted molar refractivity (Wildman–Crippen MR) is 70.3 cm³/mol. The predicted octanol–water partition coefficient (Wildman–Crippen LogP) is 0.747. The average molecular weight is 269 g/mol. The van der Waals surface area contributed by atoms with Crippen molar-refractivity contribution in [2.45, 2.75) is 29.8 Å². The summed E-state index contributed by atoms with van der Waals surface area (Å²) in [6.45, 7) is 1.55. The van der Waals surface area contributed by atoms with Crippen molar-refractivity contribution in [3.63, 3.8) is 0 Å². The molecule has 18 heavy (non-hydrogen) atoms. The van der Waals surface area contributed by atoms with Crippen LogP contribution in [0.1, 0.15) is 18.4 Å². The maximum atomic E-state index is 11.7. The summed E-state index contributed by atoms with van der Waals surface area (Å²) in [6.07, 6.45) is 2.92. The summed E-state index contributed by atoms with van der Waals surface area (Å²) in [5.41, 5.74) is -0.0733. The fourth-order valence-corrected chi connectivity index (χ4v) is 3.38. The molecule has 5 heteroatoms. The Balaban J connectivity index is 2.29. The van der Waals surface area contributed by atoms with Crippen molar-refractivity contribution in [2.24, 2.45) is 0 Å². The van der Waals surface area contributed by atoms with Crippen LogP contribution in [-0.2, 0) is 16.3 Å². The van der Waals surface area contributed by atoms with E-state index in [2.05, 4.69) is 5.32 Å². The lowest BCUT2D eigenvalue weighted by molar-refractivity contribution is 0.0103. The number of hydrogen-bond acceptors (Lipinski definition) is 4. The molecule has 0 spiro atoms. The monoisotopic (exact) mass is 269 g/mol. The second-order valence-corrected chi connectivity index (χ2v) is 7.02. The van der Waals surface area contributed by atoms with E-state index in [1.165, 1.54) is 6.26 Å². The third-order valence-corrected chi connectivity index (χ3v) is 4.62. The number of aliphatic hydroxyl groups is 1. The standard InChI is InChI=1S/C13H19NO3S/c1-18(16,17)12-5-3-2-4-11(12)10-13(15)6-8-14-9-7-13/h2-5,14-15H,6-10H2,1H3. The van der Waals surface area contributed by atoms with E-state index in [0.29, 0.717) is 29.7 Å². The van der Waals surface area contributed by atoms with Crippen LogP contribution in [0, 0.1) is 0 Å². The van der Waals surface area contributed by atoms with Crippen molar-refractivity contribution >= 4 is 9.84 Å². The molecule has 0 aliphatic carbocycles. The summed E-state index contributed by atoms with van der Waals surface area (Å²) in [6, 6.07) is 6.92. The number of sulfone groups is 1. The summed E-state index contributed by atoms with van der Waals surface area (Å²) >= 11 is 0. The lowest BCUT2D eigenvalue weighted by atomic mass is 9.86. The van der Waals surface area contributed by atoms with Crippen LogP contribution < -0.4 is 5.32 Å². The molecule has 0 amide bonds. The Hall–Kier alpha value is -0.910. The van der Waals surface area contributed by atoms with Gasteiger partial charge in [-0.25, -0.2) is 8.42 Å². The number of benzene rings is 1. The van der Waals surface area contributed by atoms with Gasteiger partial charge in [0.05, 0.1) is 10.5 Å². The van der Waals surface area contributed by atoms with E-state index in [-0.39, 0.29) is 0 Å². The normalized spacial score (nSPS) is 19.7. The van der Waals surface area contributed by atoms with Crippen LogP contribution in [-0.4, -0.2) is 38.5 Å². The van der Waals surface area contributed by atoms with Crippen LogP contribution in [0.15, 0.2) is 29.2 Å². The van der Waals surface area contributed by atoms with Gasteiger partial charge in [-0.15, -0.1) is 0 Å². The topological polar surface area (TPSA) is 66.4 Å². The third-order valence-electron chi connectivity index (χ3n) is 3.43. The molecule has 1 aromatic rings. The zero-order valence-corrected chi connectivity index (χ0v) is 11.3. The minimum atomic E-state index is -3.24. The van der Waals surface area contributed by atoms with E-state index in [9.17, 15) is 13.5 Å². The molecule has 1 aliphatic rings. The third kappa shape index (κ3) is 3.10. The van der Waals surface area contributed by atoms with Gasteiger partial charge in [0.25, 0.3) is 0 Å². The van der Waals surface area contributed by atoms with E-state index >= 15 is 0 Å². The molecule has 1 fully saturated rings. The van der Waals surface area contributed by atoms with Gasteiger partial charge in [0, 0.05) is 12.7 Å². The van der Waals surface area contributed by atoms with Gasteiger partial charge >= 0.3 is 0 Å². The van der Waals surface area contributed by atoms with Crippen LogP contribution in [0.25, 0.3) is 0 Å². The van der Waals surface area contributed by atoms with Gasteiger partial charge in [0.1, 0.15) is 0 Å². The number of nitrogens with one attached hydrogen (secondary N) is 1. The molecule has 0 bridgehead atoms. The van der Waals surface area contributed by atoms with Gasteiger partial charge in [-0.1, -0.05) is 18.2 Å². The molecule has 0 unspecified atom stereocenters. The Kier molecular flexibility index (Phi) is 3.75. The minimum absolute atomic E-state index is 0.331. The zero-order valence-electron chi connectivity index (χ0n) is 10.5. The molecule has 0 atom stereocenters. The Morgan fingerprint density at radius 1 is 1.28 bits per heavy atom. The highest BCUT2D eigenvalue weighted by molar-refractivity contribution is 7.90. The quantitative estimate of drug-likeness (QED) is 0.849. The first-order chi connectivity index (χ1) is 8.41. The van der Waals surface area contributed by atoms with E-state index in [1.807, 2.05) is 6.07 Å². The number of piperidine rings is 1. The maximum Gasteiger partial charge on any atom is 0.175 e. The first-order valence-electron chi connectivity index (χ1n) is 6.12. The molecule has 1 aliphatic heterocycles. The smallest absolute Gasteiger partial charge is 0.175 e. The van der Waals surface area contributed by atoms with Gasteiger partial charge in [0.15, 0.2) is 9.84 Å². The fraction of sp³-hybridized carbons (Fsp3) is 0.538. The molecule has 1 heterocycles. The first kappa shape index (κ1) is 13.5. The van der Waals surface area contributed by atoms with Gasteiger partial charge in [-0.05, 0) is 37.6 Å². The lowest BCUT2D eigenvalue weighted by Gasteiger charge is -2.33. The molecule has 100 valence electrons. The molecule has 1 aromatic carbocycles. The van der Waals surface area contributed by atoms with E-state index < -0.39 is 15.4 Å². The maximum absolute atomic E-state index is 11.7. The molecule has 2 rings (SSSR count). The van der Waals surface area contributed by atoms with E-state index in [1.54, 1.807) is 18.2 Å². The highest BCUT2D eigenvalue weighted by Crippen LogP contribution is 2.26. The van der Waals surface area contributed by atoms with Crippen LogP contribution >= 0.6 is 0 Å². The van der Waals surface area contributed by atoms with Crippen molar-refractivity contribution in [3.05, 3.63) is 29.8 Å². The van der Waals surface area contributed by atoms with E-state index in [0.717, 1.165) is 13.1 Å². The van der Waals surface area contributed by atoms with Crippen LogP contribution in [0.3, 0.4) is 0 Å². The highest BCUT2D eigenvalue weighted by atomic mass is 32.2. The summed E-state index contributed by atoms with van der Waals surface area (Å²) in [5, 5.41) is 13.7. The zero-order chi connectivity index (χ0) is 13.2. The molecule has 1 saturated heterocycles. The van der Waals surface area contributed by atoms with E-state index in [4.69, 9.17) is 0 Å². The summed E-state index contributed by atoms with van der Waals surface area (Å²) in [5.74, 6) is 0. The lowest BCUT2D eigenvalue weighted by Crippen LogP contribution is -2.43. The van der Waals surface area contributed by atoms with Gasteiger partial charge < -0.3 is 10.4 Å². The van der Waals surface area contributed by atoms with Gasteiger partial charge in [0.2, 0.25) is 0 Å². The Morgan fingerprint density at radius 3 is 2.50 bits per heavy atom. The summed E-state index contributed by atoms with van der Waals surface area (Å²) < 4.78 is 23.4. The minimum Gasteiger partial charge on any atom is -0.389 e. The molecule has 0 aromatic heterocycles. The van der Waals surface area contributed by atoms with Crippen LogP contribution in [0.4, 0.5) is 0 Å². The van der Waals surface area contributed by atoms with Crippen molar-refractivity contribution in [3.8, 4) is 0 Å².